The Morgan fingerprint density at radius 3 is 2.93 bits per heavy atom. The third-order valence-corrected chi connectivity index (χ3v) is 2.32. The van der Waals surface area contributed by atoms with Gasteiger partial charge < -0.3 is 5.32 Å². The average molecular weight is 207 g/mol. The molecule has 2 heterocycles. The third-order valence-electron chi connectivity index (χ3n) is 2.32. The van der Waals surface area contributed by atoms with Crippen LogP contribution in [0.1, 0.15) is 24.5 Å². The van der Waals surface area contributed by atoms with Gasteiger partial charge in [0.1, 0.15) is 5.82 Å². The number of aryl methyl sites for hydroxylation is 1. The number of fused-ring (bicyclic) bond motifs is 1. The van der Waals surface area contributed by atoms with Gasteiger partial charge in [0.2, 0.25) is 0 Å². The first-order valence-corrected chi connectivity index (χ1v) is 4.75. The summed E-state index contributed by atoms with van der Waals surface area (Å²) in [7, 11) is 1.83. The molecular weight excluding hydrogens is 194 g/mol. The maximum atomic E-state index is 11.6. The molecule has 0 aliphatic carbocycles. The Morgan fingerprint density at radius 2 is 2.27 bits per heavy atom. The van der Waals surface area contributed by atoms with Crippen LogP contribution in [0.15, 0.2) is 10.9 Å². The van der Waals surface area contributed by atoms with E-state index in [0.717, 1.165) is 0 Å². The van der Waals surface area contributed by atoms with Crippen LogP contribution < -0.4 is 10.9 Å². The standard InChI is InChI=1S/C9H13N5O/c1-5-4-7(15)14-9(11-5)12-8(13-14)6(2)10-3/h4,6,10H,1-3H3,(H,11,12,13). The summed E-state index contributed by atoms with van der Waals surface area (Å²) in [6.07, 6.45) is 0. The van der Waals surface area contributed by atoms with Crippen LogP contribution in [-0.2, 0) is 0 Å². The van der Waals surface area contributed by atoms with E-state index in [1.54, 1.807) is 6.92 Å². The van der Waals surface area contributed by atoms with Crippen molar-refractivity contribution in [3.8, 4) is 0 Å². The minimum Gasteiger partial charge on any atom is -0.311 e. The molecule has 0 saturated heterocycles. The minimum absolute atomic E-state index is 0.0615. The Bertz CT molecular complexity index is 541. The van der Waals surface area contributed by atoms with Crippen molar-refractivity contribution in [3.05, 3.63) is 27.9 Å². The zero-order chi connectivity index (χ0) is 11.0. The molecule has 0 spiro atoms. The summed E-state index contributed by atoms with van der Waals surface area (Å²) in [5.41, 5.74) is 0.537. The van der Waals surface area contributed by atoms with Crippen molar-refractivity contribution < 1.29 is 0 Å². The fourth-order valence-electron chi connectivity index (χ4n) is 1.34. The monoisotopic (exact) mass is 207 g/mol. The molecule has 0 aliphatic heterocycles. The van der Waals surface area contributed by atoms with Crippen molar-refractivity contribution in [2.75, 3.05) is 7.05 Å². The summed E-state index contributed by atoms with van der Waals surface area (Å²) in [6.45, 7) is 3.73. The smallest absolute Gasteiger partial charge is 0.274 e. The second-order valence-corrected chi connectivity index (χ2v) is 3.49. The van der Waals surface area contributed by atoms with E-state index in [0.29, 0.717) is 17.3 Å². The lowest BCUT2D eigenvalue weighted by Gasteiger charge is -2.03. The molecule has 0 fully saturated rings. The maximum absolute atomic E-state index is 11.6. The predicted octanol–water partition coefficient (Wildman–Crippen LogP) is 0.00642. The fourth-order valence-corrected chi connectivity index (χ4v) is 1.34. The van der Waals surface area contributed by atoms with Gasteiger partial charge >= 0.3 is 0 Å². The summed E-state index contributed by atoms with van der Waals surface area (Å²) < 4.78 is 1.34. The summed E-state index contributed by atoms with van der Waals surface area (Å²) >= 11 is 0. The molecule has 2 rings (SSSR count). The summed E-state index contributed by atoms with van der Waals surface area (Å²) in [4.78, 5) is 20.0. The lowest BCUT2D eigenvalue weighted by atomic mass is 10.3. The van der Waals surface area contributed by atoms with Gasteiger partial charge in [0, 0.05) is 11.8 Å². The quantitative estimate of drug-likeness (QED) is 0.727. The van der Waals surface area contributed by atoms with Crippen LogP contribution in [0.2, 0.25) is 0 Å². The molecule has 0 radical (unpaired) electrons. The van der Waals surface area contributed by atoms with Crippen molar-refractivity contribution in [1.82, 2.24) is 24.9 Å². The van der Waals surface area contributed by atoms with E-state index in [2.05, 4.69) is 20.4 Å². The molecule has 2 N–H and O–H groups in total. The van der Waals surface area contributed by atoms with Crippen molar-refractivity contribution in [2.24, 2.45) is 0 Å². The Balaban J connectivity index is 2.65. The summed E-state index contributed by atoms with van der Waals surface area (Å²) in [6, 6.07) is 1.53. The van der Waals surface area contributed by atoms with Crippen LogP contribution in [0.3, 0.4) is 0 Å². The van der Waals surface area contributed by atoms with E-state index in [-0.39, 0.29) is 11.6 Å². The van der Waals surface area contributed by atoms with Gasteiger partial charge in [-0.3, -0.25) is 9.89 Å². The summed E-state index contributed by atoms with van der Waals surface area (Å²) in [5, 5.41) is 5.95. The molecule has 0 saturated carbocycles. The number of nitrogens with one attached hydrogen (secondary N) is 2. The van der Waals surface area contributed by atoms with Gasteiger partial charge in [0.05, 0.1) is 6.04 Å². The normalized spacial score (nSPS) is 13.3. The molecule has 0 aliphatic rings. The first-order chi connectivity index (χ1) is 7.11. The molecule has 2 aromatic rings. The Morgan fingerprint density at radius 1 is 1.53 bits per heavy atom. The van der Waals surface area contributed by atoms with Gasteiger partial charge in [-0.1, -0.05) is 0 Å². The number of aromatic nitrogens is 4. The van der Waals surface area contributed by atoms with Crippen molar-refractivity contribution >= 4 is 5.78 Å². The molecule has 0 aromatic carbocycles. The van der Waals surface area contributed by atoms with Gasteiger partial charge in [-0.25, -0.2) is 4.98 Å². The van der Waals surface area contributed by atoms with Crippen LogP contribution in [0.5, 0.6) is 0 Å². The molecule has 1 unspecified atom stereocenters. The van der Waals surface area contributed by atoms with Crippen LogP contribution >= 0.6 is 0 Å². The van der Waals surface area contributed by atoms with Crippen LogP contribution in [-0.4, -0.2) is 26.6 Å². The number of hydrogen-bond acceptors (Lipinski definition) is 4. The zero-order valence-corrected chi connectivity index (χ0v) is 8.90. The highest BCUT2D eigenvalue weighted by atomic mass is 16.1. The van der Waals surface area contributed by atoms with E-state index >= 15 is 0 Å². The molecule has 6 heteroatoms. The number of H-pyrrole nitrogens is 1. The van der Waals surface area contributed by atoms with Gasteiger partial charge in [-0.2, -0.15) is 9.50 Å². The molecule has 1 atom stereocenters. The molecule has 0 amide bonds. The van der Waals surface area contributed by atoms with Crippen molar-refractivity contribution in [1.29, 1.82) is 0 Å². The van der Waals surface area contributed by atoms with E-state index in [4.69, 9.17) is 0 Å². The van der Waals surface area contributed by atoms with Crippen LogP contribution in [0.4, 0.5) is 0 Å². The highest BCUT2D eigenvalue weighted by Crippen LogP contribution is 2.05. The summed E-state index contributed by atoms with van der Waals surface area (Å²) in [5.74, 6) is 1.12. The van der Waals surface area contributed by atoms with Gasteiger partial charge in [-0.05, 0) is 20.9 Å². The maximum Gasteiger partial charge on any atom is 0.274 e. The number of nitrogens with zero attached hydrogens (tertiary/aromatic N) is 3. The van der Waals surface area contributed by atoms with E-state index < -0.39 is 0 Å². The van der Waals surface area contributed by atoms with Gasteiger partial charge in [0.25, 0.3) is 11.3 Å². The first kappa shape index (κ1) is 9.85. The Kier molecular flexibility index (Phi) is 2.28. The van der Waals surface area contributed by atoms with Gasteiger partial charge in [-0.15, -0.1) is 0 Å². The zero-order valence-electron chi connectivity index (χ0n) is 8.90. The average Bonchev–Trinajstić information content (AvgIpc) is 2.60. The number of aromatic amines is 1. The molecule has 15 heavy (non-hydrogen) atoms. The third kappa shape index (κ3) is 1.63. The lowest BCUT2D eigenvalue weighted by Crippen LogP contribution is -2.16. The molecule has 80 valence electrons. The van der Waals surface area contributed by atoms with E-state index in [9.17, 15) is 4.79 Å². The van der Waals surface area contributed by atoms with Gasteiger partial charge in [0.15, 0.2) is 0 Å². The van der Waals surface area contributed by atoms with Crippen LogP contribution in [0.25, 0.3) is 5.78 Å². The minimum atomic E-state index is -0.139. The Labute approximate surface area is 86.3 Å². The van der Waals surface area contributed by atoms with E-state index in [1.807, 2.05) is 14.0 Å². The number of rotatable bonds is 2. The van der Waals surface area contributed by atoms with E-state index in [1.165, 1.54) is 10.6 Å². The largest absolute Gasteiger partial charge is 0.311 e. The second-order valence-electron chi connectivity index (χ2n) is 3.49. The second kappa shape index (κ2) is 3.47. The van der Waals surface area contributed by atoms with Crippen molar-refractivity contribution in [3.63, 3.8) is 0 Å². The highest BCUT2D eigenvalue weighted by molar-refractivity contribution is 5.28. The molecule has 0 bridgehead atoms. The van der Waals surface area contributed by atoms with Crippen LogP contribution in [0, 0.1) is 6.92 Å². The fraction of sp³-hybridized carbons (Fsp3) is 0.444. The topological polar surface area (TPSA) is 75.1 Å². The highest BCUT2D eigenvalue weighted by Gasteiger charge is 2.10. The predicted molar refractivity (Wildman–Crippen MR) is 55.8 cm³/mol. The lowest BCUT2D eigenvalue weighted by molar-refractivity contribution is 0.608. The Hall–Kier alpha value is -1.69. The SMILES string of the molecule is CNC(C)c1nc2nc(C)cc(=O)n2[nH]1. The first-order valence-electron chi connectivity index (χ1n) is 4.75. The van der Waals surface area contributed by atoms with Crippen molar-refractivity contribution in [2.45, 2.75) is 19.9 Å². The number of hydrogen-bond donors (Lipinski definition) is 2. The molecular formula is C9H13N5O. The molecule has 6 nitrogen and oxygen atoms in total. The molecule has 2 aromatic heterocycles.